The summed E-state index contributed by atoms with van der Waals surface area (Å²) in [6.07, 6.45) is 1.38. The van der Waals surface area contributed by atoms with E-state index in [2.05, 4.69) is 24.9 Å². The number of benzene rings is 1. The van der Waals surface area contributed by atoms with Crippen LogP contribution < -0.4 is 10.5 Å². The van der Waals surface area contributed by atoms with Crippen LogP contribution in [0.2, 0.25) is 0 Å². The van der Waals surface area contributed by atoms with Gasteiger partial charge in [0.1, 0.15) is 5.75 Å². The van der Waals surface area contributed by atoms with Crippen LogP contribution in [0.3, 0.4) is 0 Å². The fraction of sp³-hybridized carbons (Fsp3) is 0.600. The molecule has 0 saturated carbocycles. The molecule has 1 aliphatic heterocycles. The summed E-state index contributed by atoms with van der Waals surface area (Å²) in [6.45, 7) is 3.81. The van der Waals surface area contributed by atoms with Crippen molar-refractivity contribution in [1.82, 2.24) is 4.90 Å². The van der Waals surface area contributed by atoms with Crippen LogP contribution in [0, 0.1) is 0 Å². The van der Waals surface area contributed by atoms with E-state index < -0.39 is 0 Å². The highest BCUT2D eigenvalue weighted by Crippen LogP contribution is 2.22. The number of ether oxygens (including phenoxy) is 2. The lowest BCUT2D eigenvalue weighted by atomic mass is 10.0. The van der Waals surface area contributed by atoms with Gasteiger partial charge in [-0.05, 0) is 38.1 Å². The molecule has 1 aliphatic rings. The van der Waals surface area contributed by atoms with Crippen molar-refractivity contribution in [3.05, 3.63) is 29.8 Å². The first-order chi connectivity index (χ1) is 9.11. The molecule has 19 heavy (non-hydrogen) atoms. The molecular formula is C15H24N2O2. The summed E-state index contributed by atoms with van der Waals surface area (Å²) in [5.41, 5.74) is 7.40. The normalized spacial score (nSPS) is 24.7. The van der Waals surface area contributed by atoms with E-state index in [1.165, 1.54) is 0 Å². The summed E-state index contributed by atoms with van der Waals surface area (Å²) in [5, 5.41) is 0. The third-order valence-corrected chi connectivity index (χ3v) is 3.91. The minimum absolute atomic E-state index is 0.00657. The summed E-state index contributed by atoms with van der Waals surface area (Å²) in [4.78, 5) is 2.31. The zero-order chi connectivity index (χ0) is 13.8. The Balaban J connectivity index is 1.97. The molecule has 0 amide bonds. The molecule has 1 saturated heterocycles. The molecule has 0 bridgehead atoms. The second-order valence-electron chi connectivity index (χ2n) is 5.25. The van der Waals surface area contributed by atoms with Crippen molar-refractivity contribution in [2.24, 2.45) is 5.73 Å². The van der Waals surface area contributed by atoms with Crippen LogP contribution in [-0.4, -0.2) is 44.4 Å². The molecular weight excluding hydrogens is 240 g/mol. The largest absolute Gasteiger partial charge is 0.497 e. The van der Waals surface area contributed by atoms with E-state index in [4.69, 9.17) is 15.2 Å². The molecule has 1 aromatic rings. The van der Waals surface area contributed by atoms with E-state index in [0.717, 1.165) is 30.9 Å². The predicted octanol–water partition coefficient (Wildman–Crippen LogP) is 1.80. The highest BCUT2D eigenvalue weighted by molar-refractivity contribution is 5.30. The molecule has 1 fully saturated rings. The third kappa shape index (κ3) is 3.47. The first kappa shape index (κ1) is 14.3. The first-order valence-corrected chi connectivity index (χ1v) is 6.83. The summed E-state index contributed by atoms with van der Waals surface area (Å²) in [7, 11) is 3.80. The summed E-state index contributed by atoms with van der Waals surface area (Å²) < 4.78 is 10.8. The monoisotopic (exact) mass is 264 g/mol. The predicted molar refractivity (Wildman–Crippen MR) is 76.4 cm³/mol. The molecule has 4 heteroatoms. The van der Waals surface area contributed by atoms with Crippen molar-refractivity contribution in [2.45, 2.75) is 31.5 Å². The maximum Gasteiger partial charge on any atom is 0.119 e. The Morgan fingerprint density at radius 1 is 1.53 bits per heavy atom. The minimum Gasteiger partial charge on any atom is -0.497 e. The fourth-order valence-electron chi connectivity index (χ4n) is 2.72. The van der Waals surface area contributed by atoms with E-state index >= 15 is 0 Å². The van der Waals surface area contributed by atoms with Crippen LogP contribution in [0.4, 0.5) is 0 Å². The van der Waals surface area contributed by atoms with Gasteiger partial charge in [0.05, 0.1) is 13.2 Å². The van der Waals surface area contributed by atoms with Crippen molar-refractivity contribution >= 4 is 0 Å². The molecule has 0 aliphatic carbocycles. The van der Waals surface area contributed by atoms with Gasteiger partial charge >= 0.3 is 0 Å². The van der Waals surface area contributed by atoms with E-state index in [1.54, 1.807) is 7.11 Å². The smallest absolute Gasteiger partial charge is 0.119 e. The number of methoxy groups -OCH3 is 1. The molecule has 3 unspecified atom stereocenters. The lowest BCUT2D eigenvalue weighted by Crippen LogP contribution is -2.40. The highest BCUT2D eigenvalue weighted by Gasteiger charge is 2.28. The van der Waals surface area contributed by atoms with E-state index in [-0.39, 0.29) is 6.04 Å². The molecule has 1 heterocycles. The summed E-state index contributed by atoms with van der Waals surface area (Å²) in [5.74, 6) is 0.855. The molecule has 0 radical (unpaired) electrons. The number of nitrogens with two attached hydrogens (primary N) is 1. The van der Waals surface area contributed by atoms with Crippen molar-refractivity contribution in [3.8, 4) is 5.75 Å². The number of rotatable bonds is 5. The fourth-order valence-corrected chi connectivity index (χ4v) is 2.72. The van der Waals surface area contributed by atoms with Crippen LogP contribution in [0.5, 0.6) is 5.75 Å². The summed E-state index contributed by atoms with van der Waals surface area (Å²) in [6, 6.07) is 8.44. The van der Waals surface area contributed by atoms with Gasteiger partial charge in [0.25, 0.3) is 0 Å². The molecule has 1 aromatic carbocycles. The number of nitrogens with zero attached hydrogens (tertiary/aromatic N) is 1. The Hall–Kier alpha value is -1.10. The Labute approximate surface area is 115 Å². The van der Waals surface area contributed by atoms with Crippen LogP contribution in [-0.2, 0) is 4.74 Å². The van der Waals surface area contributed by atoms with Crippen LogP contribution >= 0.6 is 0 Å². The molecule has 0 aromatic heterocycles. The maximum atomic E-state index is 6.29. The van der Waals surface area contributed by atoms with Gasteiger partial charge in [0.2, 0.25) is 0 Å². The Morgan fingerprint density at radius 2 is 2.32 bits per heavy atom. The van der Waals surface area contributed by atoms with Gasteiger partial charge in [-0.1, -0.05) is 12.1 Å². The van der Waals surface area contributed by atoms with Crippen molar-refractivity contribution < 1.29 is 9.47 Å². The second-order valence-corrected chi connectivity index (χ2v) is 5.25. The third-order valence-electron chi connectivity index (χ3n) is 3.91. The summed E-state index contributed by atoms with van der Waals surface area (Å²) >= 11 is 0. The SMILES string of the molecule is COc1cccc(C(N)CN(C)C2CCOC2C)c1. The number of likely N-dealkylation sites (N-methyl/N-ethyl adjacent to an activating group) is 1. The van der Waals surface area contributed by atoms with Gasteiger partial charge in [-0.15, -0.1) is 0 Å². The van der Waals surface area contributed by atoms with Crippen LogP contribution in [0.1, 0.15) is 24.9 Å². The standard InChI is InChI=1S/C15H24N2O2/c1-11-15(7-8-19-11)17(2)10-14(16)12-5-4-6-13(9-12)18-3/h4-6,9,11,14-15H,7-8,10,16H2,1-3H3. The molecule has 0 spiro atoms. The lowest BCUT2D eigenvalue weighted by molar-refractivity contribution is 0.0818. The second kappa shape index (κ2) is 6.37. The minimum atomic E-state index is -0.00657. The van der Waals surface area contributed by atoms with E-state index in [0.29, 0.717) is 12.1 Å². The van der Waals surface area contributed by atoms with Crippen molar-refractivity contribution in [2.75, 3.05) is 27.3 Å². The van der Waals surface area contributed by atoms with E-state index in [1.807, 2.05) is 18.2 Å². The molecule has 2 rings (SSSR count). The number of hydrogen-bond donors (Lipinski definition) is 1. The Kier molecular flexibility index (Phi) is 4.80. The van der Waals surface area contributed by atoms with E-state index in [9.17, 15) is 0 Å². The lowest BCUT2D eigenvalue weighted by Gasteiger charge is -2.29. The van der Waals surface area contributed by atoms with Gasteiger partial charge in [-0.2, -0.15) is 0 Å². The quantitative estimate of drug-likeness (QED) is 0.881. The first-order valence-electron chi connectivity index (χ1n) is 6.83. The van der Waals surface area contributed by atoms with Crippen molar-refractivity contribution in [1.29, 1.82) is 0 Å². The van der Waals surface area contributed by atoms with Gasteiger partial charge < -0.3 is 15.2 Å². The van der Waals surface area contributed by atoms with Crippen LogP contribution in [0.25, 0.3) is 0 Å². The molecule has 4 nitrogen and oxygen atoms in total. The Morgan fingerprint density at radius 3 is 2.95 bits per heavy atom. The van der Waals surface area contributed by atoms with Gasteiger partial charge in [-0.25, -0.2) is 0 Å². The zero-order valence-corrected chi connectivity index (χ0v) is 12.0. The molecule has 3 atom stereocenters. The van der Waals surface area contributed by atoms with Crippen molar-refractivity contribution in [3.63, 3.8) is 0 Å². The van der Waals surface area contributed by atoms with Crippen LogP contribution in [0.15, 0.2) is 24.3 Å². The maximum absolute atomic E-state index is 6.29. The van der Waals surface area contributed by atoms with Gasteiger partial charge in [-0.3, -0.25) is 4.90 Å². The zero-order valence-electron chi connectivity index (χ0n) is 12.0. The average molecular weight is 264 g/mol. The number of hydrogen-bond acceptors (Lipinski definition) is 4. The average Bonchev–Trinajstić information content (AvgIpc) is 2.85. The topological polar surface area (TPSA) is 47.7 Å². The van der Waals surface area contributed by atoms with Gasteiger partial charge in [0, 0.05) is 25.2 Å². The molecule has 2 N–H and O–H groups in total. The Bertz CT molecular complexity index is 411. The van der Waals surface area contributed by atoms with Gasteiger partial charge in [0.15, 0.2) is 0 Å². The highest BCUT2D eigenvalue weighted by atomic mass is 16.5. The molecule has 106 valence electrons.